The van der Waals surface area contributed by atoms with Crippen LogP contribution in [0.2, 0.25) is 0 Å². The molecule has 0 fully saturated rings. The average Bonchev–Trinajstić information content (AvgIpc) is 2.99. The molecular weight excluding hydrogens is 296 g/mol. The predicted molar refractivity (Wildman–Crippen MR) is 99.2 cm³/mol. The van der Waals surface area contributed by atoms with Crippen LogP contribution in [0.15, 0.2) is 54.7 Å². The first kappa shape index (κ1) is 16.3. The second-order valence-electron chi connectivity index (χ2n) is 6.28. The Kier molecular flexibility index (Phi) is 4.99. The SMILES string of the molecule is CC[C@H](C(=O)NCCc1c[nH]c2ccc(C)cc12)c1ccccc1. The van der Waals surface area contributed by atoms with Gasteiger partial charge in [-0.1, -0.05) is 48.9 Å². The van der Waals surface area contributed by atoms with Crippen molar-refractivity contribution >= 4 is 16.8 Å². The summed E-state index contributed by atoms with van der Waals surface area (Å²) in [6.07, 6.45) is 3.69. The zero-order valence-electron chi connectivity index (χ0n) is 14.3. The van der Waals surface area contributed by atoms with Gasteiger partial charge in [-0.2, -0.15) is 0 Å². The Balaban J connectivity index is 1.62. The van der Waals surface area contributed by atoms with Crippen LogP contribution >= 0.6 is 0 Å². The van der Waals surface area contributed by atoms with Crippen molar-refractivity contribution in [1.29, 1.82) is 0 Å². The van der Waals surface area contributed by atoms with Crippen LogP contribution in [0.4, 0.5) is 0 Å². The molecule has 0 aliphatic carbocycles. The summed E-state index contributed by atoms with van der Waals surface area (Å²) in [5.41, 5.74) is 4.74. The van der Waals surface area contributed by atoms with Gasteiger partial charge >= 0.3 is 0 Å². The molecule has 1 heterocycles. The number of carbonyl (C=O) groups is 1. The maximum Gasteiger partial charge on any atom is 0.227 e. The van der Waals surface area contributed by atoms with E-state index in [1.165, 1.54) is 16.5 Å². The molecule has 0 saturated heterocycles. The fourth-order valence-corrected chi connectivity index (χ4v) is 3.20. The van der Waals surface area contributed by atoms with Crippen LogP contribution < -0.4 is 5.32 Å². The van der Waals surface area contributed by atoms with Gasteiger partial charge in [-0.15, -0.1) is 0 Å². The Labute approximate surface area is 143 Å². The van der Waals surface area contributed by atoms with Crippen LogP contribution in [0.5, 0.6) is 0 Å². The molecule has 0 bridgehead atoms. The van der Waals surface area contributed by atoms with E-state index in [1.807, 2.05) is 36.5 Å². The number of benzene rings is 2. The number of carbonyl (C=O) groups excluding carboxylic acids is 1. The zero-order valence-corrected chi connectivity index (χ0v) is 14.3. The first-order valence-corrected chi connectivity index (χ1v) is 8.58. The minimum atomic E-state index is -0.0728. The van der Waals surface area contributed by atoms with Gasteiger partial charge in [-0.05, 0) is 43.0 Å². The molecule has 3 aromatic rings. The molecule has 0 spiro atoms. The molecule has 24 heavy (non-hydrogen) atoms. The Bertz CT molecular complexity index is 820. The normalized spacial score (nSPS) is 12.2. The van der Waals surface area contributed by atoms with E-state index in [4.69, 9.17) is 0 Å². The number of nitrogens with one attached hydrogen (secondary N) is 2. The standard InChI is InChI=1S/C21H24N2O/c1-3-18(16-7-5-4-6-8-16)21(24)22-12-11-17-14-23-20-10-9-15(2)13-19(17)20/h4-10,13-14,18,23H,3,11-12H2,1-2H3,(H,22,24)/t18-/m0/s1. The number of amides is 1. The van der Waals surface area contributed by atoms with Gasteiger partial charge in [-0.3, -0.25) is 4.79 Å². The van der Waals surface area contributed by atoms with Gasteiger partial charge in [0.1, 0.15) is 0 Å². The van der Waals surface area contributed by atoms with E-state index in [0.29, 0.717) is 6.54 Å². The van der Waals surface area contributed by atoms with Gasteiger partial charge in [0.25, 0.3) is 0 Å². The fraction of sp³-hybridized carbons (Fsp3) is 0.286. The molecule has 0 saturated carbocycles. The minimum absolute atomic E-state index is 0.0728. The van der Waals surface area contributed by atoms with Crippen molar-refractivity contribution in [2.75, 3.05) is 6.54 Å². The Morgan fingerprint density at radius 2 is 1.96 bits per heavy atom. The average molecular weight is 320 g/mol. The summed E-state index contributed by atoms with van der Waals surface area (Å²) < 4.78 is 0. The molecule has 0 aliphatic heterocycles. The van der Waals surface area contributed by atoms with Gasteiger partial charge in [0.15, 0.2) is 0 Å². The summed E-state index contributed by atoms with van der Waals surface area (Å²) >= 11 is 0. The Morgan fingerprint density at radius 3 is 2.71 bits per heavy atom. The van der Waals surface area contributed by atoms with Crippen molar-refractivity contribution in [3.63, 3.8) is 0 Å². The topological polar surface area (TPSA) is 44.9 Å². The van der Waals surface area contributed by atoms with Gasteiger partial charge < -0.3 is 10.3 Å². The molecule has 124 valence electrons. The molecule has 3 rings (SSSR count). The quantitative estimate of drug-likeness (QED) is 0.697. The molecule has 1 amide bonds. The van der Waals surface area contributed by atoms with Crippen LogP contribution in [-0.4, -0.2) is 17.4 Å². The summed E-state index contributed by atoms with van der Waals surface area (Å²) in [5, 5.41) is 4.35. The number of rotatable bonds is 6. The summed E-state index contributed by atoms with van der Waals surface area (Å²) in [5.74, 6) is 0.0381. The smallest absolute Gasteiger partial charge is 0.227 e. The van der Waals surface area contributed by atoms with Crippen molar-refractivity contribution in [3.8, 4) is 0 Å². The van der Waals surface area contributed by atoms with Gasteiger partial charge in [0.2, 0.25) is 5.91 Å². The van der Waals surface area contributed by atoms with Crippen molar-refractivity contribution in [3.05, 3.63) is 71.4 Å². The molecular formula is C21H24N2O. The highest BCUT2D eigenvalue weighted by Gasteiger charge is 2.17. The number of H-pyrrole nitrogens is 1. The highest BCUT2D eigenvalue weighted by molar-refractivity contribution is 5.85. The van der Waals surface area contributed by atoms with Crippen molar-refractivity contribution in [2.45, 2.75) is 32.6 Å². The summed E-state index contributed by atoms with van der Waals surface area (Å²) in [6.45, 7) is 4.81. The lowest BCUT2D eigenvalue weighted by atomic mass is 9.95. The second-order valence-corrected chi connectivity index (χ2v) is 6.28. The van der Waals surface area contributed by atoms with Gasteiger partial charge in [0.05, 0.1) is 5.92 Å². The third-order valence-corrected chi connectivity index (χ3v) is 4.54. The zero-order chi connectivity index (χ0) is 16.9. The Hall–Kier alpha value is -2.55. The third-order valence-electron chi connectivity index (χ3n) is 4.54. The minimum Gasteiger partial charge on any atom is -0.361 e. The number of hydrogen-bond acceptors (Lipinski definition) is 1. The summed E-state index contributed by atoms with van der Waals surface area (Å²) in [7, 11) is 0. The van der Waals surface area contributed by atoms with Crippen molar-refractivity contribution in [1.82, 2.24) is 10.3 Å². The number of aryl methyl sites for hydroxylation is 1. The number of aromatic amines is 1. The maximum atomic E-state index is 12.5. The van der Waals surface area contributed by atoms with Crippen LogP contribution in [0.1, 0.15) is 36.0 Å². The molecule has 2 N–H and O–H groups in total. The molecule has 0 unspecified atom stereocenters. The van der Waals surface area contributed by atoms with Crippen LogP contribution in [-0.2, 0) is 11.2 Å². The van der Waals surface area contributed by atoms with Crippen LogP contribution in [0.3, 0.4) is 0 Å². The highest BCUT2D eigenvalue weighted by Crippen LogP contribution is 2.21. The largest absolute Gasteiger partial charge is 0.361 e. The summed E-state index contributed by atoms with van der Waals surface area (Å²) in [4.78, 5) is 15.8. The van der Waals surface area contributed by atoms with E-state index in [1.54, 1.807) is 0 Å². The van der Waals surface area contributed by atoms with E-state index in [-0.39, 0.29) is 11.8 Å². The highest BCUT2D eigenvalue weighted by atomic mass is 16.1. The molecule has 1 atom stereocenters. The molecule has 2 aromatic carbocycles. The number of hydrogen-bond donors (Lipinski definition) is 2. The van der Waals surface area contributed by atoms with Gasteiger partial charge in [0, 0.05) is 23.6 Å². The lowest BCUT2D eigenvalue weighted by molar-refractivity contribution is -0.122. The monoisotopic (exact) mass is 320 g/mol. The van der Waals surface area contributed by atoms with E-state index in [0.717, 1.165) is 23.9 Å². The molecule has 3 heteroatoms. The van der Waals surface area contributed by atoms with E-state index >= 15 is 0 Å². The molecule has 3 nitrogen and oxygen atoms in total. The number of aromatic nitrogens is 1. The first-order valence-electron chi connectivity index (χ1n) is 8.58. The van der Waals surface area contributed by atoms with Crippen LogP contribution in [0.25, 0.3) is 10.9 Å². The van der Waals surface area contributed by atoms with Crippen LogP contribution in [0, 0.1) is 6.92 Å². The Morgan fingerprint density at radius 1 is 1.17 bits per heavy atom. The van der Waals surface area contributed by atoms with Gasteiger partial charge in [-0.25, -0.2) is 0 Å². The van der Waals surface area contributed by atoms with E-state index in [9.17, 15) is 4.79 Å². The lowest BCUT2D eigenvalue weighted by Crippen LogP contribution is -2.30. The van der Waals surface area contributed by atoms with Crippen molar-refractivity contribution in [2.24, 2.45) is 0 Å². The third kappa shape index (κ3) is 3.51. The molecule has 1 aromatic heterocycles. The van der Waals surface area contributed by atoms with Crippen molar-refractivity contribution < 1.29 is 4.79 Å². The second kappa shape index (κ2) is 7.35. The lowest BCUT2D eigenvalue weighted by Gasteiger charge is -2.15. The first-order chi connectivity index (χ1) is 11.7. The number of fused-ring (bicyclic) bond motifs is 1. The van der Waals surface area contributed by atoms with E-state index in [2.05, 4.69) is 42.3 Å². The fourth-order valence-electron chi connectivity index (χ4n) is 3.20. The molecule has 0 aliphatic rings. The maximum absolute atomic E-state index is 12.5. The molecule has 0 radical (unpaired) electrons. The van der Waals surface area contributed by atoms with E-state index < -0.39 is 0 Å². The summed E-state index contributed by atoms with van der Waals surface area (Å²) in [6, 6.07) is 16.4. The predicted octanol–water partition coefficient (Wildman–Crippen LogP) is 4.33.